The Balaban J connectivity index is 1.47. The molecule has 0 saturated carbocycles. The number of aliphatic imine (C=N–C) groups is 1. The maximum atomic E-state index is 4.66. The van der Waals surface area contributed by atoms with Crippen LogP contribution < -0.4 is 10.6 Å². The van der Waals surface area contributed by atoms with Crippen LogP contribution in [-0.4, -0.2) is 45.2 Å². The molecular formula is C24H35N7. The predicted molar refractivity (Wildman–Crippen MR) is 127 cm³/mol. The van der Waals surface area contributed by atoms with Gasteiger partial charge in [0, 0.05) is 38.6 Å². The maximum Gasteiger partial charge on any atom is 0.191 e. The summed E-state index contributed by atoms with van der Waals surface area (Å²) in [4.78, 5) is 4.38. The molecular weight excluding hydrogens is 386 g/mol. The fraction of sp³-hybridized carbons (Fsp3) is 0.458. The number of nitrogens with one attached hydrogen (secondary N) is 2. The predicted octanol–water partition coefficient (Wildman–Crippen LogP) is 3.26. The Morgan fingerprint density at radius 2 is 1.84 bits per heavy atom. The van der Waals surface area contributed by atoms with Crippen LogP contribution in [0.1, 0.15) is 41.6 Å². The third-order valence-corrected chi connectivity index (χ3v) is 5.71. The van der Waals surface area contributed by atoms with Crippen LogP contribution in [0.3, 0.4) is 0 Å². The lowest BCUT2D eigenvalue weighted by Crippen LogP contribution is -2.43. The number of aromatic nitrogens is 4. The van der Waals surface area contributed by atoms with Crippen molar-refractivity contribution >= 4 is 5.96 Å². The SMILES string of the molecule is CN=C(NCCCc1cn(-c2ccccc2)nc1C)NC(C)Cc1c(C)nn(C)c1C. The minimum absolute atomic E-state index is 0.263. The molecule has 7 heteroatoms. The molecule has 3 aromatic rings. The van der Waals surface area contributed by atoms with Gasteiger partial charge in [0.15, 0.2) is 5.96 Å². The summed E-state index contributed by atoms with van der Waals surface area (Å²) < 4.78 is 3.91. The van der Waals surface area contributed by atoms with Crippen LogP contribution in [0.2, 0.25) is 0 Å². The second-order valence-electron chi connectivity index (χ2n) is 8.14. The van der Waals surface area contributed by atoms with E-state index in [1.54, 1.807) is 0 Å². The molecule has 1 unspecified atom stereocenters. The van der Waals surface area contributed by atoms with Crippen molar-refractivity contribution in [2.45, 2.75) is 53.0 Å². The first-order chi connectivity index (χ1) is 14.9. The van der Waals surface area contributed by atoms with Gasteiger partial charge < -0.3 is 10.6 Å². The highest BCUT2D eigenvalue weighted by molar-refractivity contribution is 5.79. The molecule has 7 nitrogen and oxygen atoms in total. The minimum atomic E-state index is 0.263. The van der Waals surface area contributed by atoms with Crippen molar-refractivity contribution in [2.75, 3.05) is 13.6 Å². The zero-order valence-corrected chi connectivity index (χ0v) is 19.6. The fourth-order valence-electron chi connectivity index (χ4n) is 3.84. The monoisotopic (exact) mass is 421 g/mol. The molecule has 0 bridgehead atoms. The fourth-order valence-corrected chi connectivity index (χ4v) is 3.84. The molecule has 31 heavy (non-hydrogen) atoms. The summed E-state index contributed by atoms with van der Waals surface area (Å²) in [6.07, 6.45) is 5.05. The van der Waals surface area contributed by atoms with E-state index in [1.165, 1.54) is 16.8 Å². The van der Waals surface area contributed by atoms with Crippen molar-refractivity contribution in [1.29, 1.82) is 0 Å². The molecule has 3 rings (SSSR count). The van der Waals surface area contributed by atoms with Gasteiger partial charge in [0.1, 0.15) is 0 Å². The van der Waals surface area contributed by atoms with Crippen molar-refractivity contribution < 1.29 is 0 Å². The van der Waals surface area contributed by atoms with Gasteiger partial charge in [0.05, 0.1) is 17.1 Å². The van der Waals surface area contributed by atoms with Crippen molar-refractivity contribution in [3.8, 4) is 5.69 Å². The number of hydrogen-bond acceptors (Lipinski definition) is 3. The van der Waals surface area contributed by atoms with Crippen LogP contribution in [0, 0.1) is 20.8 Å². The Morgan fingerprint density at radius 3 is 2.48 bits per heavy atom. The molecule has 0 spiro atoms. The van der Waals surface area contributed by atoms with Crippen molar-refractivity contribution in [3.63, 3.8) is 0 Å². The third-order valence-electron chi connectivity index (χ3n) is 5.71. The van der Waals surface area contributed by atoms with E-state index in [9.17, 15) is 0 Å². The van der Waals surface area contributed by atoms with Gasteiger partial charge in [-0.25, -0.2) is 4.68 Å². The summed E-state index contributed by atoms with van der Waals surface area (Å²) in [5.41, 5.74) is 7.09. The van der Waals surface area contributed by atoms with Gasteiger partial charge in [0.2, 0.25) is 0 Å². The summed E-state index contributed by atoms with van der Waals surface area (Å²) in [7, 11) is 3.81. The average molecular weight is 422 g/mol. The Hall–Kier alpha value is -3.09. The highest BCUT2D eigenvalue weighted by Gasteiger charge is 2.14. The van der Waals surface area contributed by atoms with E-state index in [4.69, 9.17) is 0 Å². The molecule has 0 fully saturated rings. The van der Waals surface area contributed by atoms with E-state index in [2.05, 4.69) is 71.8 Å². The lowest BCUT2D eigenvalue weighted by atomic mass is 10.1. The summed E-state index contributed by atoms with van der Waals surface area (Å²) in [6.45, 7) is 9.31. The first kappa shape index (κ1) is 22.6. The van der Waals surface area contributed by atoms with Gasteiger partial charge in [-0.2, -0.15) is 10.2 Å². The van der Waals surface area contributed by atoms with Gasteiger partial charge in [-0.15, -0.1) is 0 Å². The number of rotatable bonds is 8. The van der Waals surface area contributed by atoms with Crippen molar-refractivity contribution in [1.82, 2.24) is 30.2 Å². The molecule has 2 aromatic heterocycles. The number of benzene rings is 1. The third kappa shape index (κ3) is 5.75. The Kier molecular flexibility index (Phi) is 7.50. The Labute approximate surface area is 185 Å². The van der Waals surface area contributed by atoms with E-state index in [1.807, 2.05) is 41.7 Å². The summed E-state index contributed by atoms with van der Waals surface area (Å²) in [5.74, 6) is 0.836. The highest BCUT2D eigenvalue weighted by atomic mass is 15.3. The van der Waals surface area contributed by atoms with E-state index in [0.29, 0.717) is 0 Å². The summed E-state index contributed by atoms with van der Waals surface area (Å²) in [5, 5.41) is 16.1. The maximum absolute atomic E-state index is 4.66. The molecule has 166 valence electrons. The summed E-state index contributed by atoms with van der Waals surface area (Å²) in [6, 6.07) is 10.5. The van der Waals surface area contributed by atoms with Crippen molar-refractivity contribution in [3.05, 3.63) is 64.7 Å². The zero-order valence-electron chi connectivity index (χ0n) is 19.6. The number of guanidine groups is 1. The standard InChI is InChI=1S/C24H35N7/c1-17(15-23-19(3)28-30(6)20(23)4)27-24(25-5)26-14-10-11-21-16-31(29-18(21)2)22-12-8-7-9-13-22/h7-9,12-13,16-17H,10-11,14-15H2,1-6H3,(H2,25,26,27). The van der Waals surface area contributed by atoms with Crippen LogP contribution in [0.15, 0.2) is 41.5 Å². The van der Waals surface area contributed by atoms with Crippen LogP contribution in [0.25, 0.3) is 5.69 Å². The Bertz CT molecular complexity index is 1010. The molecule has 0 saturated heterocycles. The largest absolute Gasteiger partial charge is 0.356 e. The number of nitrogens with zero attached hydrogens (tertiary/aromatic N) is 5. The van der Waals surface area contributed by atoms with Crippen LogP contribution >= 0.6 is 0 Å². The molecule has 2 heterocycles. The van der Waals surface area contributed by atoms with Gasteiger partial charge in [-0.1, -0.05) is 18.2 Å². The molecule has 0 aliphatic carbocycles. The van der Waals surface area contributed by atoms with Gasteiger partial charge in [-0.05, 0) is 70.2 Å². The van der Waals surface area contributed by atoms with Crippen LogP contribution in [-0.2, 0) is 19.9 Å². The normalized spacial score (nSPS) is 12.8. The van der Waals surface area contributed by atoms with Crippen LogP contribution in [0.5, 0.6) is 0 Å². The van der Waals surface area contributed by atoms with Gasteiger partial charge in [-0.3, -0.25) is 9.67 Å². The molecule has 0 radical (unpaired) electrons. The lowest BCUT2D eigenvalue weighted by Gasteiger charge is -2.18. The summed E-state index contributed by atoms with van der Waals surface area (Å²) >= 11 is 0. The molecule has 0 amide bonds. The second-order valence-corrected chi connectivity index (χ2v) is 8.14. The van der Waals surface area contributed by atoms with E-state index < -0.39 is 0 Å². The zero-order chi connectivity index (χ0) is 22.4. The molecule has 1 aromatic carbocycles. The average Bonchev–Trinajstić information content (AvgIpc) is 3.24. The topological polar surface area (TPSA) is 72.1 Å². The number of hydrogen-bond donors (Lipinski definition) is 2. The van der Waals surface area contributed by atoms with Gasteiger partial charge >= 0.3 is 0 Å². The molecule has 1 atom stereocenters. The highest BCUT2D eigenvalue weighted by Crippen LogP contribution is 2.15. The quantitative estimate of drug-likeness (QED) is 0.333. The van der Waals surface area contributed by atoms with Crippen LogP contribution in [0.4, 0.5) is 0 Å². The number of para-hydroxylation sites is 1. The van der Waals surface area contributed by atoms with Crippen molar-refractivity contribution in [2.24, 2.45) is 12.0 Å². The van der Waals surface area contributed by atoms with E-state index >= 15 is 0 Å². The lowest BCUT2D eigenvalue weighted by molar-refractivity contribution is 0.631. The van der Waals surface area contributed by atoms with Gasteiger partial charge in [0.25, 0.3) is 0 Å². The first-order valence-corrected chi connectivity index (χ1v) is 11.0. The first-order valence-electron chi connectivity index (χ1n) is 11.0. The van der Waals surface area contributed by atoms with E-state index in [-0.39, 0.29) is 6.04 Å². The Morgan fingerprint density at radius 1 is 1.10 bits per heavy atom. The second kappa shape index (κ2) is 10.3. The molecule has 2 N–H and O–H groups in total. The smallest absolute Gasteiger partial charge is 0.191 e. The minimum Gasteiger partial charge on any atom is -0.356 e. The molecule has 0 aliphatic heterocycles. The number of aryl methyl sites for hydroxylation is 4. The molecule has 0 aliphatic rings. The van der Waals surface area contributed by atoms with E-state index in [0.717, 1.165) is 48.8 Å².